The molecule has 1 saturated heterocycles. The van der Waals surface area contributed by atoms with Crippen LogP contribution in [0.2, 0.25) is 0 Å². The van der Waals surface area contributed by atoms with E-state index in [0.717, 1.165) is 44.0 Å². The molecule has 25 heavy (non-hydrogen) atoms. The number of para-hydroxylation sites is 1. The molecule has 3 rings (SSSR count). The number of nitrogens with zero attached hydrogens (tertiary/aromatic N) is 3. The summed E-state index contributed by atoms with van der Waals surface area (Å²) in [6, 6.07) is 13.9. The van der Waals surface area contributed by atoms with Gasteiger partial charge in [-0.25, -0.2) is 4.98 Å². The van der Waals surface area contributed by atoms with Crippen LogP contribution in [0.1, 0.15) is 23.2 Å². The highest BCUT2D eigenvalue weighted by molar-refractivity contribution is 5.94. The van der Waals surface area contributed by atoms with Gasteiger partial charge in [-0.1, -0.05) is 18.2 Å². The number of nitrogens with one attached hydrogen (secondary N) is 1. The highest BCUT2D eigenvalue weighted by Crippen LogP contribution is 2.22. The summed E-state index contributed by atoms with van der Waals surface area (Å²) >= 11 is 0. The minimum absolute atomic E-state index is 0.0873. The number of hydrogen-bond donors (Lipinski definition) is 1. The van der Waals surface area contributed by atoms with Crippen LogP contribution in [0.25, 0.3) is 0 Å². The number of rotatable bonds is 5. The van der Waals surface area contributed by atoms with Gasteiger partial charge in [0.1, 0.15) is 5.82 Å². The Balaban J connectivity index is 1.63. The molecule has 1 aromatic carbocycles. The average molecular weight is 338 g/mol. The maximum absolute atomic E-state index is 12.7. The third-order valence-corrected chi connectivity index (χ3v) is 4.88. The Kier molecular flexibility index (Phi) is 5.66. The summed E-state index contributed by atoms with van der Waals surface area (Å²) in [6.07, 6.45) is 3.82. The fourth-order valence-electron chi connectivity index (χ4n) is 3.31. The molecular weight excluding hydrogens is 312 g/mol. The Hall–Kier alpha value is -2.40. The Labute approximate surface area is 149 Å². The number of piperidine rings is 1. The molecule has 0 spiro atoms. The van der Waals surface area contributed by atoms with Gasteiger partial charge in [0.2, 0.25) is 0 Å². The summed E-state index contributed by atoms with van der Waals surface area (Å²) in [6.45, 7) is 2.69. The number of likely N-dealkylation sites (tertiary alicyclic amines) is 1. The number of anilines is 2. The first-order valence-corrected chi connectivity index (χ1v) is 8.87. The van der Waals surface area contributed by atoms with E-state index in [0.29, 0.717) is 11.5 Å². The Morgan fingerprint density at radius 1 is 1.20 bits per heavy atom. The second-order valence-electron chi connectivity index (χ2n) is 6.59. The summed E-state index contributed by atoms with van der Waals surface area (Å²) < 4.78 is 0. The molecule has 0 bridgehead atoms. The van der Waals surface area contributed by atoms with Crippen molar-refractivity contribution >= 4 is 17.4 Å². The van der Waals surface area contributed by atoms with E-state index in [9.17, 15) is 4.79 Å². The van der Waals surface area contributed by atoms with Gasteiger partial charge in [0.05, 0.1) is 5.56 Å². The van der Waals surface area contributed by atoms with Crippen LogP contribution in [0, 0.1) is 5.92 Å². The Morgan fingerprint density at radius 3 is 2.52 bits per heavy atom. The van der Waals surface area contributed by atoms with Gasteiger partial charge in [-0.05, 0) is 56.6 Å². The van der Waals surface area contributed by atoms with Gasteiger partial charge >= 0.3 is 0 Å². The van der Waals surface area contributed by atoms with E-state index in [4.69, 9.17) is 0 Å². The van der Waals surface area contributed by atoms with Crippen molar-refractivity contribution in [3.63, 3.8) is 0 Å². The summed E-state index contributed by atoms with van der Waals surface area (Å²) in [5, 5.41) is 3.23. The average Bonchev–Trinajstić information content (AvgIpc) is 2.68. The van der Waals surface area contributed by atoms with Crippen molar-refractivity contribution in [3.05, 3.63) is 54.2 Å². The van der Waals surface area contributed by atoms with Crippen molar-refractivity contribution in [2.75, 3.05) is 38.6 Å². The Bertz CT molecular complexity index is 679. The van der Waals surface area contributed by atoms with Crippen LogP contribution in [-0.2, 0) is 0 Å². The molecule has 132 valence electrons. The van der Waals surface area contributed by atoms with Crippen molar-refractivity contribution in [1.82, 2.24) is 15.2 Å². The van der Waals surface area contributed by atoms with Gasteiger partial charge in [0.15, 0.2) is 0 Å². The maximum atomic E-state index is 12.7. The molecular formula is C20H26N4O. The molecule has 1 aliphatic heterocycles. The van der Waals surface area contributed by atoms with Gasteiger partial charge in [-0.15, -0.1) is 0 Å². The molecule has 2 aromatic rings. The minimum atomic E-state index is 0.0873. The third kappa shape index (κ3) is 4.17. The summed E-state index contributed by atoms with van der Waals surface area (Å²) in [5.74, 6) is 1.59. The molecule has 1 fully saturated rings. The van der Waals surface area contributed by atoms with Crippen molar-refractivity contribution in [1.29, 1.82) is 0 Å². The monoisotopic (exact) mass is 338 g/mol. The minimum Gasteiger partial charge on any atom is -0.339 e. The number of amides is 1. The van der Waals surface area contributed by atoms with E-state index in [1.165, 1.54) is 0 Å². The molecule has 0 radical (unpaired) electrons. The summed E-state index contributed by atoms with van der Waals surface area (Å²) in [7, 11) is 3.96. The summed E-state index contributed by atoms with van der Waals surface area (Å²) in [5.41, 5.74) is 1.73. The lowest BCUT2D eigenvalue weighted by molar-refractivity contribution is 0.0690. The van der Waals surface area contributed by atoms with Crippen molar-refractivity contribution in [3.8, 4) is 0 Å². The van der Waals surface area contributed by atoms with Crippen LogP contribution in [0.15, 0.2) is 48.7 Å². The van der Waals surface area contributed by atoms with Crippen molar-refractivity contribution in [2.24, 2.45) is 5.92 Å². The number of carbonyl (C=O) groups excluding carboxylic acids is 1. The first-order chi connectivity index (χ1) is 12.2. The maximum Gasteiger partial charge on any atom is 0.255 e. The largest absolute Gasteiger partial charge is 0.339 e. The molecule has 1 aliphatic rings. The fourth-order valence-corrected chi connectivity index (χ4v) is 3.31. The quantitative estimate of drug-likeness (QED) is 0.911. The molecule has 1 aromatic heterocycles. The molecule has 0 aliphatic carbocycles. The van der Waals surface area contributed by atoms with E-state index in [1.54, 1.807) is 6.20 Å². The van der Waals surface area contributed by atoms with E-state index in [-0.39, 0.29) is 5.91 Å². The van der Waals surface area contributed by atoms with Crippen LogP contribution >= 0.6 is 0 Å². The number of benzene rings is 1. The molecule has 0 saturated carbocycles. The third-order valence-electron chi connectivity index (χ3n) is 4.88. The zero-order chi connectivity index (χ0) is 17.6. The second-order valence-corrected chi connectivity index (χ2v) is 6.59. The van der Waals surface area contributed by atoms with Gasteiger partial charge in [0.25, 0.3) is 5.91 Å². The fraction of sp³-hybridized carbons (Fsp3) is 0.400. The predicted molar refractivity (Wildman–Crippen MR) is 101 cm³/mol. The highest BCUT2D eigenvalue weighted by atomic mass is 16.2. The lowest BCUT2D eigenvalue weighted by Crippen LogP contribution is -2.40. The van der Waals surface area contributed by atoms with Crippen LogP contribution < -0.4 is 10.2 Å². The molecule has 5 nitrogen and oxygen atoms in total. The highest BCUT2D eigenvalue weighted by Gasteiger charge is 2.23. The number of aromatic nitrogens is 1. The second kappa shape index (κ2) is 8.12. The van der Waals surface area contributed by atoms with E-state index in [1.807, 2.05) is 66.4 Å². The van der Waals surface area contributed by atoms with Crippen LogP contribution in [-0.4, -0.2) is 49.5 Å². The standard InChI is InChI=1S/C20H26N4O/c1-21-14-16-10-12-24(13-11-16)20(25)17-8-9-19(22-15-17)23(2)18-6-4-3-5-7-18/h3-9,15-16,21H,10-14H2,1-2H3. The smallest absolute Gasteiger partial charge is 0.255 e. The molecule has 0 unspecified atom stereocenters. The van der Waals surface area contributed by atoms with Crippen LogP contribution in [0.5, 0.6) is 0 Å². The topological polar surface area (TPSA) is 48.5 Å². The lowest BCUT2D eigenvalue weighted by Gasteiger charge is -2.32. The number of hydrogen-bond acceptors (Lipinski definition) is 4. The lowest BCUT2D eigenvalue weighted by atomic mass is 9.96. The van der Waals surface area contributed by atoms with Gasteiger partial charge in [-0.3, -0.25) is 4.79 Å². The van der Waals surface area contributed by atoms with Crippen LogP contribution in [0.4, 0.5) is 11.5 Å². The predicted octanol–water partition coefficient (Wildman–Crippen LogP) is 2.92. The van der Waals surface area contributed by atoms with E-state index in [2.05, 4.69) is 10.3 Å². The first-order valence-electron chi connectivity index (χ1n) is 8.87. The first kappa shape index (κ1) is 17.4. The van der Waals surface area contributed by atoms with Gasteiger partial charge in [0, 0.05) is 32.0 Å². The zero-order valence-electron chi connectivity index (χ0n) is 15.0. The molecule has 2 heterocycles. The Morgan fingerprint density at radius 2 is 1.92 bits per heavy atom. The van der Waals surface area contributed by atoms with E-state index >= 15 is 0 Å². The molecule has 1 N–H and O–H groups in total. The normalized spacial score (nSPS) is 15.2. The van der Waals surface area contributed by atoms with Gasteiger partial charge in [-0.2, -0.15) is 0 Å². The van der Waals surface area contributed by atoms with Gasteiger partial charge < -0.3 is 15.1 Å². The van der Waals surface area contributed by atoms with Crippen molar-refractivity contribution < 1.29 is 4.79 Å². The molecule has 1 amide bonds. The zero-order valence-corrected chi connectivity index (χ0v) is 15.0. The number of carbonyl (C=O) groups is 1. The molecule has 0 atom stereocenters. The SMILES string of the molecule is CNCC1CCN(C(=O)c2ccc(N(C)c3ccccc3)nc2)CC1. The van der Waals surface area contributed by atoms with E-state index < -0.39 is 0 Å². The number of pyridine rings is 1. The summed E-state index contributed by atoms with van der Waals surface area (Å²) in [4.78, 5) is 21.1. The van der Waals surface area contributed by atoms with Crippen molar-refractivity contribution in [2.45, 2.75) is 12.8 Å². The van der Waals surface area contributed by atoms with Crippen LogP contribution in [0.3, 0.4) is 0 Å². The molecule has 5 heteroatoms.